The van der Waals surface area contributed by atoms with E-state index < -0.39 is 0 Å². The van der Waals surface area contributed by atoms with Crippen molar-refractivity contribution in [2.75, 3.05) is 6.61 Å². The number of fused-ring (bicyclic) bond motifs is 1. The minimum Gasteiger partial charge on any atom is -0.492 e. The summed E-state index contributed by atoms with van der Waals surface area (Å²) >= 11 is 0. The Kier molecular flexibility index (Phi) is 3.64. The highest BCUT2D eigenvalue weighted by Crippen LogP contribution is 2.27. The second kappa shape index (κ2) is 5.74. The number of hydrogen-bond acceptors (Lipinski definition) is 2. The summed E-state index contributed by atoms with van der Waals surface area (Å²) in [5, 5.41) is 1.17. The zero-order valence-electron chi connectivity index (χ0n) is 11.5. The third-order valence-electron chi connectivity index (χ3n) is 3.36. The highest BCUT2D eigenvalue weighted by atomic mass is 16.5. The molecular formula is C18H17NO. The molecule has 0 aliphatic heterocycles. The van der Waals surface area contributed by atoms with E-state index in [9.17, 15) is 0 Å². The molecule has 2 nitrogen and oxygen atoms in total. The minimum atomic E-state index is 0.656. The van der Waals surface area contributed by atoms with Crippen LogP contribution >= 0.6 is 0 Å². The van der Waals surface area contributed by atoms with Crippen molar-refractivity contribution in [3.8, 4) is 5.75 Å². The summed E-state index contributed by atoms with van der Waals surface area (Å²) in [7, 11) is 0. The molecule has 3 rings (SSSR count). The fraction of sp³-hybridized carbons (Fsp3) is 0.167. The summed E-state index contributed by atoms with van der Waals surface area (Å²) < 4.78 is 5.66. The number of rotatable bonds is 4. The smallest absolute Gasteiger partial charge is 0.145 e. The van der Waals surface area contributed by atoms with E-state index in [1.165, 1.54) is 16.5 Å². The SMILES string of the molecule is CCOc1cccc2c(Cc3ccccc3)ccnc12. The molecule has 0 bridgehead atoms. The van der Waals surface area contributed by atoms with Crippen molar-refractivity contribution in [1.82, 2.24) is 4.98 Å². The second-order valence-corrected chi connectivity index (χ2v) is 4.72. The lowest BCUT2D eigenvalue weighted by atomic mass is 10.0. The molecule has 3 aromatic rings. The molecule has 0 saturated heterocycles. The lowest BCUT2D eigenvalue weighted by molar-refractivity contribution is 0.343. The minimum absolute atomic E-state index is 0.656. The van der Waals surface area contributed by atoms with Crippen molar-refractivity contribution in [1.29, 1.82) is 0 Å². The van der Waals surface area contributed by atoms with Crippen LogP contribution in [-0.2, 0) is 6.42 Å². The summed E-state index contributed by atoms with van der Waals surface area (Å²) in [5.41, 5.74) is 3.53. The fourth-order valence-corrected chi connectivity index (χ4v) is 2.45. The number of hydrogen-bond donors (Lipinski definition) is 0. The number of benzene rings is 2. The molecule has 100 valence electrons. The molecular weight excluding hydrogens is 246 g/mol. The highest BCUT2D eigenvalue weighted by molar-refractivity contribution is 5.87. The van der Waals surface area contributed by atoms with Crippen molar-refractivity contribution in [2.24, 2.45) is 0 Å². The molecule has 0 aliphatic rings. The molecule has 0 atom stereocenters. The number of aromatic nitrogens is 1. The van der Waals surface area contributed by atoms with E-state index in [2.05, 4.69) is 41.4 Å². The first-order valence-corrected chi connectivity index (χ1v) is 6.92. The molecule has 20 heavy (non-hydrogen) atoms. The van der Waals surface area contributed by atoms with Gasteiger partial charge in [0.15, 0.2) is 0 Å². The molecule has 0 fully saturated rings. The van der Waals surface area contributed by atoms with E-state index in [-0.39, 0.29) is 0 Å². The van der Waals surface area contributed by atoms with Gasteiger partial charge in [0.2, 0.25) is 0 Å². The lowest BCUT2D eigenvalue weighted by Crippen LogP contribution is -1.96. The Balaban J connectivity index is 2.06. The summed E-state index contributed by atoms with van der Waals surface area (Å²) in [6, 6.07) is 18.7. The molecule has 1 heterocycles. The molecule has 1 aromatic heterocycles. The number of para-hydroxylation sites is 1. The van der Waals surface area contributed by atoms with Gasteiger partial charge < -0.3 is 4.74 Å². The first-order chi connectivity index (χ1) is 9.88. The second-order valence-electron chi connectivity index (χ2n) is 4.72. The number of pyridine rings is 1. The zero-order valence-corrected chi connectivity index (χ0v) is 11.5. The first kappa shape index (κ1) is 12.7. The Hall–Kier alpha value is -2.35. The van der Waals surface area contributed by atoms with Gasteiger partial charge in [-0.15, -0.1) is 0 Å². The van der Waals surface area contributed by atoms with Crippen LogP contribution in [0.2, 0.25) is 0 Å². The summed E-state index contributed by atoms with van der Waals surface area (Å²) in [6.07, 6.45) is 2.78. The van der Waals surface area contributed by atoms with Crippen LogP contribution in [0.4, 0.5) is 0 Å². The van der Waals surface area contributed by atoms with Crippen LogP contribution in [0, 0.1) is 0 Å². The average molecular weight is 263 g/mol. The van der Waals surface area contributed by atoms with Gasteiger partial charge in [0, 0.05) is 11.6 Å². The molecule has 0 aliphatic carbocycles. The number of ether oxygens (including phenoxy) is 1. The first-order valence-electron chi connectivity index (χ1n) is 6.92. The van der Waals surface area contributed by atoms with Gasteiger partial charge in [-0.1, -0.05) is 42.5 Å². The third-order valence-corrected chi connectivity index (χ3v) is 3.36. The van der Waals surface area contributed by atoms with Crippen molar-refractivity contribution in [3.05, 3.63) is 71.9 Å². The van der Waals surface area contributed by atoms with E-state index in [1.54, 1.807) is 0 Å². The molecule has 0 N–H and O–H groups in total. The van der Waals surface area contributed by atoms with Crippen molar-refractivity contribution < 1.29 is 4.74 Å². The topological polar surface area (TPSA) is 22.1 Å². The van der Waals surface area contributed by atoms with Crippen molar-refractivity contribution >= 4 is 10.9 Å². The molecule has 0 saturated carbocycles. The van der Waals surface area contributed by atoms with Crippen molar-refractivity contribution in [3.63, 3.8) is 0 Å². The lowest BCUT2D eigenvalue weighted by Gasteiger charge is -2.10. The van der Waals surface area contributed by atoms with Gasteiger partial charge in [0.25, 0.3) is 0 Å². The van der Waals surface area contributed by atoms with Crippen LogP contribution in [0.15, 0.2) is 60.8 Å². The van der Waals surface area contributed by atoms with Crippen LogP contribution in [0.1, 0.15) is 18.1 Å². The van der Waals surface area contributed by atoms with Crippen LogP contribution in [0.3, 0.4) is 0 Å². The van der Waals surface area contributed by atoms with E-state index in [0.717, 1.165) is 17.7 Å². The van der Waals surface area contributed by atoms with Crippen LogP contribution < -0.4 is 4.74 Å². The average Bonchev–Trinajstić information content (AvgIpc) is 2.50. The Morgan fingerprint density at radius 3 is 2.60 bits per heavy atom. The quantitative estimate of drug-likeness (QED) is 0.703. The van der Waals surface area contributed by atoms with Gasteiger partial charge in [-0.05, 0) is 36.6 Å². The van der Waals surface area contributed by atoms with Gasteiger partial charge in [-0.2, -0.15) is 0 Å². The van der Waals surface area contributed by atoms with E-state index in [0.29, 0.717) is 6.61 Å². The molecule has 2 aromatic carbocycles. The standard InChI is InChI=1S/C18H17NO/c1-2-20-17-10-6-9-16-15(11-12-19-18(16)17)13-14-7-4-3-5-8-14/h3-12H,2,13H2,1H3. The Morgan fingerprint density at radius 2 is 1.80 bits per heavy atom. The third kappa shape index (κ3) is 2.50. The van der Waals surface area contributed by atoms with Crippen LogP contribution in [0.25, 0.3) is 10.9 Å². The predicted molar refractivity (Wildman–Crippen MR) is 82.2 cm³/mol. The van der Waals surface area contributed by atoms with E-state index >= 15 is 0 Å². The van der Waals surface area contributed by atoms with Crippen molar-refractivity contribution in [2.45, 2.75) is 13.3 Å². The highest BCUT2D eigenvalue weighted by Gasteiger charge is 2.07. The van der Waals surface area contributed by atoms with Crippen LogP contribution in [-0.4, -0.2) is 11.6 Å². The zero-order chi connectivity index (χ0) is 13.8. The molecule has 2 heteroatoms. The maximum Gasteiger partial charge on any atom is 0.145 e. The van der Waals surface area contributed by atoms with E-state index in [4.69, 9.17) is 4.74 Å². The van der Waals surface area contributed by atoms with Gasteiger partial charge in [-0.25, -0.2) is 0 Å². The maximum atomic E-state index is 5.66. The Morgan fingerprint density at radius 1 is 0.950 bits per heavy atom. The summed E-state index contributed by atoms with van der Waals surface area (Å²) in [6.45, 7) is 2.65. The number of nitrogens with zero attached hydrogens (tertiary/aromatic N) is 1. The van der Waals surface area contributed by atoms with Crippen LogP contribution in [0.5, 0.6) is 5.75 Å². The fourth-order valence-electron chi connectivity index (χ4n) is 2.45. The molecule has 0 unspecified atom stereocenters. The summed E-state index contributed by atoms with van der Waals surface area (Å²) in [4.78, 5) is 4.48. The van der Waals surface area contributed by atoms with Gasteiger partial charge in [0.05, 0.1) is 6.61 Å². The summed E-state index contributed by atoms with van der Waals surface area (Å²) in [5.74, 6) is 0.861. The van der Waals surface area contributed by atoms with Gasteiger partial charge >= 0.3 is 0 Å². The molecule has 0 amide bonds. The predicted octanol–water partition coefficient (Wildman–Crippen LogP) is 4.22. The maximum absolute atomic E-state index is 5.66. The largest absolute Gasteiger partial charge is 0.492 e. The monoisotopic (exact) mass is 263 g/mol. The van der Waals surface area contributed by atoms with E-state index in [1.807, 2.05) is 31.3 Å². The normalized spacial score (nSPS) is 10.7. The van der Waals surface area contributed by atoms with Gasteiger partial charge in [-0.3, -0.25) is 4.98 Å². The Bertz CT molecular complexity index is 707. The van der Waals surface area contributed by atoms with Gasteiger partial charge in [0.1, 0.15) is 11.3 Å². The molecule has 0 radical (unpaired) electrons. The Labute approximate surface area is 119 Å². The molecule has 0 spiro atoms.